The lowest BCUT2D eigenvalue weighted by molar-refractivity contribution is -0.116. The van der Waals surface area contributed by atoms with Crippen LogP contribution >= 0.6 is 22.9 Å². The number of anilines is 1. The molecule has 0 fully saturated rings. The van der Waals surface area contributed by atoms with E-state index in [-0.39, 0.29) is 12.3 Å². The predicted molar refractivity (Wildman–Crippen MR) is 130 cm³/mol. The predicted octanol–water partition coefficient (Wildman–Crippen LogP) is 5.22. The molecular weight excluding hydrogens is 458 g/mol. The number of halogens is 1. The summed E-state index contributed by atoms with van der Waals surface area (Å²) < 4.78 is 7.46. The number of fused-ring (bicyclic) bond motifs is 3. The number of aryl methyl sites for hydroxylation is 1. The van der Waals surface area contributed by atoms with Crippen LogP contribution in [0, 0.1) is 6.92 Å². The second kappa shape index (κ2) is 8.80. The average molecular weight is 478 g/mol. The van der Waals surface area contributed by atoms with Crippen LogP contribution in [0.25, 0.3) is 5.69 Å². The highest BCUT2D eigenvalue weighted by atomic mass is 35.5. The fourth-order valence-corrected chi connectivity index (χ4v) is 4.65. The highest BCUT2D eigenvalue weighted by Gasteiger charge is 2.30. The van der Waals surface area contributed by atoms with Crippen LogP contribution in [0.4, 0.5) is 5.00 Å². The van der Waals surface area contributed by atoms with E-state index in [1.165, 1.54) is 11.3 Å². The topological polar surface area (TPSA) is 81.4 Å². The van der Waals surface area contributed by atoms with Crippen molar-refractivity contribution in [2.45, 2.75) is 19.4 Å². The van der Waals surface area contributed by atoms with Crippen molar-refractivity contribution in [2.75, 3.05) is 12.4 Å². The molecule has 0 spiro atoms. The number of nitrogens with zero attached hydrogens (tertiary/aromatic N) is 4. The summed E-state index contributed by atoms with van der Waals surface area (Å²) in [6, 6.07) is 16.5. The smallest absolute Gasteiger partial charge is 0.227 e. The SMILES string of the molecule is COc1ccc2c(c1)C(c1ccc(Cl)cc1)=N[C@@H](CC(=O)Nc1cccs1)c1nnc(C)n1-2. The van der Waals surface area contributed by atoms with E-state index in [9.17, 15) is 4.79 Å². The molecule has 2 aromatic heterocycles. The second-order valence-electron chi connectivity index (χ2n) is 7.55. The average Bonchev–Trinajstić information content (AvgIpc) is 3.43. The highest BCUT2D eigenvalue weighted by molar-refractivity contribution is 7.14. The number of nitrogens with one attached hydrogen (secondary N) is 1. The molecule has 0 unspecified atom stereocenters. The summed E-state index contributed by atoms with van der Waals surface area (Å²) in [5, 5.41) is 15.0. The minimum Gasteiger partial charge on any atom is -0.497 e. The minimum atomic E-state index is -0.532. The molecule has 3 heterocycles. The van der Waals surface area contributed by atoms with Gasteiger partial charge in [-0.25, -0.2) is 0 Å². The number of hydrogen-bond donors (Lipinski definition) is 1. The number of benzene rings is 2. The molecule has 1 aliphatic rings. The van der Waals surface area contributed by atoms with Crippen molar-refractivity contribution in [1.82, 2.24) is 14.8 Å². The monoisotopic (exact) mass is 477 g/mol. The molecular formula is C24H20ClN5O2S. The fourth-order valence-electron chi connectivity index (χ4n) is 3.89. The number of hydrogen-bond acceptors (Lipinski definition) is 6. The summed E-state index contributed by atoms with van der Waals surface area (Å²) in [5.74, 6) is 1.89. The molecule has 5 rings (SSSR count). The lowest BCUT2D eigenvalue weighted by Crippen LogP contribution is -2.16. The van der Waals surface area contributed by atoms with Crippen molar-refractivity contribution in [3.63, 3.8) is 0 Å². The van der Waals surface area contributed by atoms with Crippen LogP contribution in [0.1, 0.15) is 35.2 Å². The van der Waals surface area contributed by atoms with Crippen molar-refractivity contribution >= 4 is 39.6 Å². The van der Waals surface area contributed by atoms with Crippen LogP contribution in [0.3, 0.4) is 0 Å². The van der Waals surface area contributed by atoms with E-state index < -0.39 is 6.04 Å². The normalized spacial score (nSPS) is 14.6. The first-order valence-corrected chi connectivity index (χ1v) is 11.6. The molecule has 4 aromatic rings. The number of rotatable bonds is 5. The van der Waals surface area contributed by atoms with Crippen LogP contribution < -0.4 is 10.1 Å². The lowest BCUT2D eigenvalue weighted by atomic mass is 10.00. The number of ether oxygens (including phenoxy) is 1. The third kappa shape index (κ3) is 4.15. The summed E-state index contributed by atoms with van der Waals surface area (Å²) in [5.41, 5.74) is 3.36. The van der Waals surface area contributed by atoms with E-state index in [4.69, 9.17) is 21.3 Å². The van der Waals surface area contributed by atoms with Gasteiger partial charge in [0.05, 0.1) is 29.9 Å². The van der Waals surface area contributed by atoms with Crippen LogP contribution in [-0.2, 0) is 4.79 Å². The first-order valence-electron chi connectivity index (χ1n) is 10.3. The summed E-state index contributed by atoms with van der Waals surface area (Å²) >= 11 is 7.61. The highest BCUT2D eigenvalue weighted by Crippen LogP contribution is 2.34. The van der Waals surface area contributed by atoms with E-state index in [2.05, 4.69) is 15.5 Å². The number of methoxy groups -OCH3 is 1. The minimum absolute atomic E-state index is 0.123. The zero-order valence-corrected chi connectivity index (χ0v) is 19.5. The first kappa shape index (κ1) is 21.4. The molecule has 0 saturated carbocycles. The summed E-state index contributed by atoms with van der Waals surface area (Å²) in [4.78, 5) is 18.0. The van der Waals surface area contributed by atoms with Crippen LogP contribution in [0.2, 0.25) is 5.02 Å². The van der Waals surface area contributed by atoms with Crippen LogP contribution in [0.15, 0.2) is 65.0 Å². The number of aliphatic imine (C=N–C) groups is 1. The van der Waals surface area contributed by atoms with E-state index in [0.717, 1.165) is 27.5 Å². The largest absolute Gasteiger partial charge is 0.497 e. The van der Waals surface area contributed by atoms with Gasteiger partial charge in [0.25, 0.3) is 0 Å². The maximum Gasteiger partial charge on any atom is 0.227 e. The molecule has 2 aromatic carbocycles. The van der Waals surface area contributed by atoms with Gasteiger partial charge in [0.2, 0.25) is 5.91 Å². The van der Waals surface area contributed by atoms with Crippen molar-refractivity contribution in [2.24, 2.45) is 4.99 Å². The molecule has 0 aliphatic carbocycles. The van der Waals surface area contributed by atoms with Gasteiger partial charge in [-0.1, -0.05) is 23.7 Å². The molecule has 0 radical (unpaired) electrons. The van der Waals surface area contributed by atoms with Crippen LogP contribution in [0.5, 0.6) is 5.75 Å². The van der Waals surface area contributed by atoms with Gasteiger partial charge < -0.3 is 10.1 Å². The molecule has 9 heteroatoms. The molecule has 7 nitrogen and oxygen atoms in total. The third-order valence-corrected chi connectivity index (χ3v) is 6.45. The Morgan fingerprint density at radius 2 is 2.00 bits per heavy atom. The lowest BCUT2D eigenvalue weighted by Gasteiger charge is -2.14. The zero-order valence-electron chi connectivity index (χ0n) is 17.9. The van der Waals surface area contributed by atoms with Crippen molar-refractivity contribution < 1.29 is 9.53 Å². The molecule has 1 N–H and O–H groups in total. The number of carbonyl (C=O) groups excluding carboxylic acids is 1. The first-order chi connectivity index (χ1) is 16.0. The van der Waals surface area contributed by atoms with E-state index in [0.29, 0.717) is 22.4 Å². The zero-order chi connectivity index (χ0) is 22.9. The summed E-state index contributed by atoms with van der Waals surface area (Å²) in [6.45, 7) is 1.89. The third-order valence-electron chi connectivity index (χ3n) is 5.41. The molecule has 0 saturated heterocycles. The van der Waals surface area contributed by atoms with Gasteiger partial charge in [-0.15, -0.1) is 21.5 Å². The van der Waals surface area contributed by atoms with Gasteiger partial charge in [0.15, 0.2) is 5.82 Å². The van der Waals surface area contributed by atoms with Gasteiger partial charge in [0, 0.05) is 16.1 Å². The Hall–Kier alpha value is -3.49. The van der Waals surface area contributed by atoms with Crippen molar-refractivity contribution in [3.05, 3.63) is 87.8 Å². The molecule has 0 bridgehead atoms. The Bertz CT molecular complexity index is 1350. The van der Waals surface area contributed by atoms with Gasteiger partial charge >= 0.3 is 0 Å². The number of thiophene rings is 1. The van der Waals surface area contributed by atoms with Gasteiger partial charge in [-0.3, -0.25) is 14.4 Å². The van der Waals surface area contributed by atoms with E-state index in [1.807, 2.05) is 71.5 Å². The molecule has 33 heavy (non-hydrogen) atoms. The Balaban J connectivity index is 1.66. The van der Waals surface area contributed by atoms with Gasteiger partial charge in [0.1, 0.15) is 17.6 Å². The number of amides is 1. The van der Waals surface area contributed by atoms with E-state index >= 15 is 0 Å². The molecule has 1 aliphatic heterocycles. The summed E-state index contributed by atoms with van der Waals surface area (Å²) in [7, 11) is 1.63. The maximum atomic E-state index is 12.9. The standard InChI is InChI=1S/C24H20ClN5O2S/c1-14-28-29-24-19(13-21(31)27-22-4-3-11-33-22)26-23(15-5-7-16(25)8-6-15)18-12-17(32-2)9-10-20(18)30(14)24/h3-12,19H,13H2,1-2H3,(H,27,31)/t19-/m0/s1. The van der Waals surface area contributed by atoms with Crippen molar-refractivity contribution in [3.8, 4) is 11.4 Å². The van der Waals surface area contributed by atoms with Crippen molar-refractivity contribution in [1.29, 1.82) is 0 Å². The Kier molecular flexibility index (Phi) is 5.70. The quantitative estimate of drug-likeness (QED) is 0.427. The number of aromatic nitrogens is 3. The molecule has 166 valence electrons. The molecule has 1 amide bonds. The maximum absolute atomic E-state index is 12.9. The van der Waals surface area contributed by atoms with E-state index in [1.54, 1.807) is 7.11 Å². The summed E-state index contributed by atoms with van der Waals surface area (Å²) in [6.07, 6.45) is 0.123. The Morgan fingerprint density at radius 3 is 2.73 bits per heavy atom. The Labute approximate surface area is 199 Å². The second-order valence-corrected chi connectivity index (χ2v) is 8.94. The number of carbonyl (C=O) groups is 1. The van der Waals surface area contributed by atoms with Gasteiger partial charge in [-0.2, -0.15) is 0 Å². The molecule has 1 atom stereocenters. The van der Waals surface area contributed by atoms with Gasteiger partial charge in [-0.05, 0) is 54.8 Å². The fraction of sp³-hybridized carbons (Fsp3) is 0.167. The van der Waals surface area contributed by atoms with Crippen LogP contribution in [-0.4, -0.2) is 33.5 Å². The Morgan fingerprint density at radius 1 is 1.18 bits per heavy atom.